The highest BCUT2D eigenvalue weighted by Gasteiger charge is 2.10. The van der Waals surface area contributed by atoms with Crippen LogP contribution < -0.4 is 5.73 Å². The zero-order valence-electron chi connectivity index (χ0n) is 9.57. The summed E-state index contributed by atoms with van der Waals surface area (Å²) in [5, 5.41) is 9.60. The molecule has 0 aliphatic carbocycles. The number of anilines is 1. The summed E-state index contributed by atoms with van der Waals surface area (Å²) in [4.78, 5) is 12.4. The van der Waals surface area contributed by atoms with Gasteiger partial charge in [-0.2, -0.15) is 5.26 Å². The lowest BCUT2D eigenvalue weighted by atomic mass is 10.3. The second-order valence-corrected chi connectivity index (χ2v) is 4.56. The number of hydrogen-bond donors (Lipinski definition) is 1. The summed E-state index contributed by atoms with van der Waals surface area (Å²) in [5.41, 5.74) is 7.93. The molecule has 6 nitrogen and oxygen atoms in total. The average Bonchev–Trinajstić information content (AvgIpc) is 2.80. The van der Waals surface area contributed by atoms with E-state index in [0.717, 1.165) is 11.8 Å². The molecule has 3 rings (SSSR count). The fourth-order valence-corrected chi connectivity index (χ4v) is 2.19. The van der Waals surface area contributed by atoms with Gasteiger partial charge >= 0.3 is 0 Å². The van der Waals surface area contributed by atoms with Crippen molar-refractivity contribution in [2.24, 2.45) is 0 Å². The van der Waals surface area contributed by atoms with Crippen molar-refractivity contribution in [3.05, 3.63) is 36.2 Å². The number of benzene rings is 1. The van der Waals surface area contributed by atoms with E-state index in [9.17, 15) is 0 Å². The van der Waals surface area contributed by atoms with Crippen LogP contribution in [-0.2, 0) is 0 Å². The zero-order valence-corrected chi connectivity index (χ0v) is 10.4. The number of nitrogen functional groups attached to an aromatic ring is 1. The molecule has 2 N–H and O–H groups in total. The van der Waals surface area contributed by atoms with Crippen LogP contribution in [-0.4, -0.2) is 15.0 Å². The third-order valence-electron chi connectivity index (χ3n) is 2.32. The van der Waals surface area contributed by atoms with Crippen LogP contribution in [0.2, 0.25) is 0 Å². The summed E-state index contributed by atoms with van der Waals surface area (Å²) in [6.45, 7) is 0. The summed E-state index contributed by atoms with van der Waals surface area (Å²) in [7, 11) is 0. The van der Waals surface area contributed by atoms with E-state index >= 15 is 0 Å². The molecule has 0 atom stereocenters. The van der Waals surface area contributed by atoms with Crippen molar-refractivity contribution in [2.45, 2.75) is 10.4 Å². The Morgan fingerprint density at radius 2 is 2.16 bits per heavy atom. The fourth-order valence-electron chi connectivity index (χ4n) is 1.50. The number of oxazole rings is 1. The second-order valence-electron chi connectivity index (χ2n) is 3.65. The van der Waals surface area contributed by atoms with E-state index in [1.54, 1.807) is 18.2 Å². The van der Waals surface area contributed by atoms with E-state index in [4.69, 9.17) is 15.4 Å². The van der Waals surface area contributed by atoms with E-state index in [2.05, 4.69) is 15.0 Å². The van der Waals surface area contributed by atoms with Gasteiger partial charge in [0.15, 0.2) is 10.7 Å². The van der Waals surface area contributed by atoms with Gasteiger partial charge in [-0.05, 0) is 24.3 Å². The lowest BCUT2D eigenvalue weighted by molar-refractivity contribution is 0.488. The molecular weight excluding hydrogens is 262 g/mol. The Balaban J connectivity index is 1.94. The van der Waals surface area contributed by atoms with Crippen LogP contribution in [0.15, 0.2) is 45.3 Å². The SMILES string of the molecule is N#Cc1ccnc(Sc2nc3cc(N)ccc3o2)n1. The molecule has 2 aromatic heterocycles. The van der Waals surface area contributed by atoms with E-state index < -0.39 is 0 Å². The Morgan fingerprint density at radius 1 is 1.26 bits per heavy atom. The van der Waals surface area contributed by atoms with E-state index in [0.29, 0.717) is 32.9 Å². The number of nitriles is 1. The lowest BCUT2D eigenvalue weighted by Crippen LogP contribution is -1.88. The minimum absolute atomic E-state index is 0.304. The summed E-state index contributed by atoms with van der Waals surface area (Å²) in [6.07, 6.45) is 1.52. The van der Waals surface area contributed by atoms with Crippen molar-refractivity contribution in [2.75, 3.05) is 5.73 Å². The fraction of sp³-hybridized carbons (Fsp3) is 0. The predicted molar refractivity (Wildman–Crippen MR) is 69.3 cm³/mol. The highest BCUT2D eigenvalue weighted by atomic mass is 32.2. The molecule has 0 aliphatic rings. The van der Waals surface area contributed by atoms with Gasteiger partial charge in [0, 0.05) is 23.6 Å². The van der Waals surface area contributed by atoms with Crippen molar-refractivity contribution in [1.82, 2.24) is 15.0 Å². The van der Waals surface area contributed by atoms with E-state index in [-0.39, 0.29) is 0 Å². The summed E-state index contributed by atoms with van der Waals surface area (Å²) < 4.78 is 5.53. The number of aromatic nitrogens is 3. The first-order valence-electron chi connectivity index (χ1n) is 5.32. The molecule has 1 aromatic carbocycles. The molecule has 0 fully saturated rings. The van der Waals surface area contributed by atoms with Crippen LogP contribution in [0, 0.1) is 11.3 Å². The molecule has 0 radical (unpaired) electrons. The molecule has 0 amide bonds. The van der Waals surface area contributed by atoms with Gasteiger partial charge in [-0.1, -0.05) is 0 Å². The Labute approximate surface area is 112 Å². The van der Waals surface area contributed by atoms with Gasteiger partial charge in [0.1, 0.15) is 17.3 Å². The molecule has 0 spiro atoms. The van der Waals surface area contributed by atoms with Gasteiger partial charge in [-0.15, -0.1) is 0 Å². The number of rotatable bonds is 2. The maximum Gasteiger partial charge on any atom is 0.264 e. The number of fused-ring (bicyclic) bond motifs is 1. The highest BCUT2D eigenvalue weighted by Crippen LogP contribution is 2.28. The molecule has 0 aliphatic heterocycles. The molecule has 0 saturated carbocycles. The number of nitrogens with two attached hydrogens (primary N) is 1. The summed E-state index contributed by atoms with van der Waals surface area (Å²) >= 11 is 1.16. The van der Waals surface area contributed by atoms with Crippen molar-refractivity contribution in [1.29, 1.82) is 5.26 Å². The quantitative estimate of drug-likeness (QED) is 0.562. The summed E-state index contributed by atoms with van der Waals surface area (Å²) in [5.74, 6) is 0. The Hall–Kier alpha value is -2.59. The minimum Gasteiger partial charge on any atom is -0.431 e. The molecule has 7 heteroatoms. The second kappa shape index (κ2) is 4.59. The van der Waals surface area contributed by atoms with Crippen LogP contribution >= 0.6 is 11.8 Å². The molecule has 92 valence electrons. The maximum atomic E-state index is 8.77. The van der Waals surface area contributed by atoms with Crippen LogP contribution in [0.1, 0.15) is 5.69 Å². The largest absolute Gasteiger partial charge is 0.431 e. The average molecular weight is 269 g/mol. The van der Waals surface area contributed by atoms with Crippen molar-refractivity contribution < 1.29 is 4.42 Å². The molecule has 3 aromatic rings. The first-order valence-corrected chi connectivity index (χ1v) is 6.13. The van der Waals surface area contributed by atoms with Gasteiger partial charge in [-0.25, -0.2) is 15.0 Å². The van der Waals surface area contributed by atoms with Crippen LogP contribution in [0.4, 0.5) is 5.69 Å². The minimum atomic E-state index is 0.304. The monoisotopic (exact) mass is 269 g/mol. The molecule has 0 bridgehead atoms. The standard InChI is InChI=1S/C12H7N5OS/c13-6-8-3-4-15-11(16-8)19-12-17-9-5-7(14)1-2-10(9)18-12/h1-5H,14H2. The van der Waals surface area contributed by atoms with Gasteiger partial charge in [0.05, 0.1) is 0 Å². The predicted octanol–water partition coefficient (Wildman–Crippen LogP) is 2.22. The van der Waals surface area contributed by atoms with Crippen molar-refractivity contribution >= 4 is 28.5 Å². The van der Waals surface area contributed by atoms with Gasteiger partial charge < -0.3 is 10.2 Å². The van der Waals surface area contributed by atoms with E-state index in [1.807, 2.05) is 6.07 Å². The van der Waals surface area contributed by atoms with Crippen molar-refractivity contribution in [3.63, 3.8) is 0 Å². The van der Waals surface area contributed by atoms with Crippen molar-refractivity contribution in [3.8, 4) is 6.07 Å². The maximum absolute atomic E-state index is 8.77. The smallest absolute Gasteiger partial charge is 0.264 e. The number of hydrogen-bond acceptors (Lipinski definition) is 7. The number of nitrogens with zero attached hydrogens (tertiary/aromatic N) is 4. The Kier molecular flexibility index (Phi) is 2.78. The zero-order chi connectivity index (χ0) is 13.2. The van der Waals surface area contributed by atoms with Crippen LogP contribution in [0.3, 0.4) is 0 Å². The van der Waals surface area contributed by atoms with Gasteiger partial charge in [0.25, 0.3) is 5.22 Å². The lowest BCUT2D eigenvalue weighted by Gasteiger charge is -1.94. The third-order valence-corrected chi connectivity index (χ3v) is 3.05. The van der Waals surface area contributed by atoms with Gasteiger partial charge in [0.2, 0.25) is 0 Å². The normalized spacial score (nSPS) is 10.5. The highest BCUT2D eigenvalue weighted by molar-refractivity contribution is 7.98. The van der Waals surface area contributed by atoms with Crippen LogP contribution in [0.25, 0.3) is 11.1 Å². The summed E-state index contributed by atoms with van der Waals surface area (Å²) in [6, 6.07) is 8.73. The molecule has 19 heavy (non-hydrogen) atoms. The molecule has 0 saturated heterocycles. The molecule has 2 heterocycles. The first kappa shape index (κ1) is 11.5. The molecular formula is C12H7N5OS. The van der Waals surface area contributed by atoms with E-state index in [1.165, 1.54) is 12.3 Å². The van der Waals surface area contributed by atoms with Gasteiger partial charge in [-0.3, -0.25) is 0 Å². The Bertz CT molecular complexity index is 792. The third kappa shape index (κ3) is 2.34. The van der Waals surface area contributed by atoms with Crippen LogP contribution in [0.5, 0.6) is 0 Å². The molecule has 0 unspecified atom stereocenters. The Morgan fingerprint density at radius 3 is 3.00 bits per heavy atom. The topological polar surface area (TPSA) is 102 Å². The first-order chi connectivity index (χ1) is 9.24.